The first-order chi connectivity index (χ1) is 62.5. The molecule has 3 aromatic carbocycles. The summed E-state index contributed by atoms with van der Waals surface area (Å²) in [6.45, 7) is 1.41. The third kappa shape index (κ3) is 29.2. The molecule has 3 saturated heterocycles. The molecule has 5 aromatic rings. The van der Waals surface area contributed by atoms with Crippen LogP contribution in [0, 0.1) is 5.41 Å². The van der Waals surface area contributed by atoms with Crippen molar-refractivity contribution in [2.24, 2.45) is 17.2 Å². The number of hydrogen-bond donors (Lipinski definition) is 20. The van der Waals surface area contributed by atoms with Crippen LogP contribution in [0.3, 0.4) is 0 Å². The predicted octanol–water partition coefficient (Wildman–Crippen LogP) is -3.41. The minimum atomic E-state index is -1.85. The van der Waals surface area contributed by atoms with Crippen LogP contribution in [0.2, 0.25) is 0 Å². The maximum absolute atomic E-state index is 15.8. The summed E-state index contributed by atoms with van der Waals surface area (Å²) in [6.07, 6.45) is 0.860. The highest BCUT2D eigenvalue weighted by Gasteiger charge is 2.45. The summed E-state index contributed by atoms with van der Waals surface area (Å²) in [5.41, 5.74) is 18.8. The minimum absolute atomic E-state index is 0.000465. The van der Waals surface area contributed by atoms with E-state index in [-0.39, 0.29) is 96.0 Å². The van der Waals surface area contributed by atoms with Crippen molar-refractivity contribution in [3.63, 3.8) is 0 Å². The second-order valence-corrected chi connectivity index (χ2v) is 34.7. The Morgan fingerprint density at radius 2 is 1.02 bits per heavy atom. The van der Waals surface area contributed by atoms with E-state index in [1.54, 1.807) is 41.9 Å². The average Bonchev–Trinajstić information content (AvgIpc) is 0.925. The van der Waals surface area contributed by atoms with Crippen LogP contribution in [0.15, 0.2) is 84.4 Å². The molecule has 17 amide bonds. The first kappa shape index (κ1) is 104. The van der Waals surface area contributed by atoms with Gasteiger partial charge in [-0.05, 0) is 123 Å². The number of guanidine groups is 1. The maximum atomic E-state index is 15.8. The molecule has 0 saturated carbocycles. The lowest BCUT2D eigenvalue weighted by Crippen LogP contribution is -2.61. The van der Waals surface area contributed by atoms with E-state index in [0.717, 1.165) is 41.4 Å². The zero-order valence-corrected chi connectivity index (χ0v) is 75.9. The smallest absolute Gasteiger partial charge is 0.246 e. The number of carbonyl (C=O) groups excluding carboxylic acids is 17. The standard InChI is InChI=1S/C87H123N21O21S2/c1-7-9-22-65-79(122)97-56(21-15-33-92-87(90)91)75(118)103-64(74(117)94-43-71(89)114)46-130-47-72(115)95-60(38-49-27-29-52(112)30-28-49)82(125)104(4)48(3)73(116)100-62(41-70(88)113)85(128)108-35-17-25-67(108)81(124)102-63(44-111)78(121)98-58(32-37-110)84(127)107-34-16-24-66(107)80(123)99-59(39-50-42-93-55-20-13-11-18-53(50)55)77(120)96-57(31-36-109)76(119)101-61(40-51-45-131-69-26-14-12-19-54(51)69)83(126)106(6)68(23-10-8-2)86(129)105(65)5/h11-14,18-20,26-30,42,45,48,56-68,93,109-112H,7-10,15-17,21-25,31-41,43-44,46-47H2,1-6H3,(H2,88,113)(H2,89,114)(H,94,117)(H,95,115)(H,96,120)(H,97,122)(H,98,121)(H,99,123)(H,100,116)(H,101,119)(H,102,124)(H,103,118)(H4,90,91,92)/t48-,56-,57-,58-,59-,60-,61-,62+,63-,64-,65-,66-,67-,68-/m0/s1. The van der Waals surface area contributed by atoms with E-state index < -0.39 is 248 Å². The number of H-pyrrole nitrogens is 1. The van der Waals surface area contributed by atoms with Crippen molar-refractivity contribution in [3.05, 3.63) is 101 Å². The van der Waals surface area contributed by atoms with Gasteiger partial charge in [-0.1, -0.05) is 88.1 Å². The number of aliphatic hydroxyl groups is 3. The second-order valence-electron chi connectivity index (χ2n) is 32.8. The summed E-state index contributed by atoms with van der Waals surface area (Å²) in [7, 11) is 3.92. The van der Waals surface area contributed by atoms with E-state index in [0.29, 0.717) is 53.3 Å². The molecular formula is C87H123N21O21S2. The average molecular weight is 1860 g/mol. The SMILES string of the molecule is CCCC[C@H]1C(=O)N(C)[C@@H](CCCC)C(=O)N[C@@H](CCCNC(=N)N)C(=O)N[C@H](C(=O)NCC(N)=O)CSCC(=O)N[C@@H](Cc2ccc(O)cc2)C(=O)N(C)[C@@H](C)C(=O)N[C@H](CC(N)=O)C(=O)N2CCC[C@H]2C(=O)N[C@@H](CO)C(=O)N[C@@H](CCO)C(=O)N2CCC[C@H]2C(=O)N[C@@H](Cc2c[nH]c3ccccc23)C(=O)N[C@@H](CCO)C(=O)N[C@@H](Cc2csc3ccccc23)C(=O)N1C. The number of thiophene rings is 1. The van der Waals surface area contributed by atoms with Crippen LogP contribution < -0.4 is 75.7 Å². The van der Waals surface area contributed by atoms with Crippen LogP contribution in [-0.2, 0) is 101 Å². The number of nitrogens with zero attached hydrogens (tertiary/aromatic N) is 5. The number of rotatable bonds is 26. The van der Waals surface area contributed by atoms with E-state index in [1.807, 2.05) is 32.0 Å². The van der Waals surface area contributed by atoms with Gasteiger partial charge in [-0.15, -0.1) is 23.1 Å². The molecule has 5 heterocycles. The zero-order valence-electron chi connectivity index (χ0n) is 74.3. The molecule has 23 N–H and O–H groups in total. The number of nitrogens with two attached hydrogens (primary N) is 3. The number of likely N-dealkylation sites (N-methyl/N-ethyl adjacent to an activating group) is 3. The molecule has 44 heteroatoms. The van der Waals surface area contributed by atoms with Gasteiger partial charge in [-0.2, -0.15) is 0 Å². The lowest BCUT2D eigenvalue weighted by molar-refractivity contribution is -0.149. The van der Waals surface area contributed by atoms with Crippen molar-refractivity contribution >= 4 is 150 Å². The van der Waals surface area contributed by atoms with E-state index in [2.05, 4.69) is 63.5 Å². The zero-order chi connectivity index (χ0) is 95.9. The number of fused-ring (bicyclic) bond motifs is 4. The fourth-order valence-electron chi connectivity index (χ4n) is 15.9. The van der Waals surface area contributed by atoms with Crippen LogP contribution in [0.5, 0.6) is 5.75 Å². The summed E-state index contributed by atoms with van der Waals surface area (Å²) in [5.74, 6) is -17.8. The molecule has 3 aliphatic rings. The number of primary amides is 2. The Hall–Kier alpha value is -12.6. The normalized spacial score (nSPS) is 24.5. The molecule has 0 spiro atoms. The molecule has 3 aliphatic heterocycles. The fourth-order valence-corrected chi connectivity index (χ4v) is 17.8. The van der Waals surface area contributed by atoms with Gasteiger partial charge in [-0.25, -0.2) is 0 Å². The Morgan fingerprint density at radius 1 is 0.504 bits per heavy atom. The van der Waals surface area contributed by atoms with Gasteiger partial charge in [0.25, 0.3) is 0 Å². The van der Waals surface area contributed by atoms with Gasteiger partial charge in [0.15, 0.2) is 5.96 Å². The Kier molecular flexibility index (Phi) is 40.1. The first-order valence-electron chi connectivity index (χ1n) is 43.8. The lowest BCUT2D eigenvalue weighted by atomic mass is 9.99. The van der Waals surface area contributed by atoms with E-state index >= 15 is 28.8 Å². The molecule has 0 unspecified atom stereocenters. The highest BCUT2D eigenvalue weighted by molar-refractivity contribution is 8.00. The fraction of sp³-hybridized carbons (Fsp3) is 0.540. The summed E-state index contributed by atoms with van der Waals surface area (Å²) < 4.78 is 0.821. The van der Waals surface area contributed by atoms with Crippen LogP contribution >= 0.6 is 23.1 Å². The number of hydrogen-bond acceptors (Lipinski definition) is 24. The number of nitrogens with one attached hydrogen (secondary N) is 13. The number of carbonyl (C=O) groups is 17. The monoisotopic (exact) mass is 1860 g/mol. The Morgan fingerprint density at radius 3 is 1.65 bits per heavy atom. The molecule has 714 valence electrons. The van der Waals surface area contributed by atoms with Gasteiger partial charge in [-0.3, -0.25) is 86.9 Å². The molecule has 131 heavy (non-hydrogen) atoms. The second kappa shape index (κ2) is 50.6. The van der Waals surface area contributed by atoms with Gasteiger partial charge < -0.3 is 126 Å². The number of aromatic hydroxyl groups is 1. The summed E-state index contributed by atoms with van der Waals surface area (Å²) >= 11 is 2.11. The molecule has 14 atom stereocenters. The molecular weight excluding hydrogens is 1740 g/mol. The maximum Gasteiger partial charge on any atom is 0.246 e. The number of benzene rings is 3. The van der Waals surface area contributed by atoms with Crippen LogP contribution in [0.4, 0.5) is 0 Å². The Bertz CT molecular complexity index is 4900. The molecule has 0 aliphatic carbocycles. The highest BCUT2D eigenvalue weighted by atomic mass is 32.2. The van der Waals surface area contributed by atoms with Crippen LogP contribution in [-0.4, -0.2) is 320 Å². The van der Waals surface area contributed by atoms with Crippen molar-refractivity contribution in [2.45, 2.75) is 221 Å². The molecule has 8 rings (SSSR count). The van der Waals surface area contributed by atoms with E-state index in [9.17, 15) is 73.2 Å². The summed E-state index contributed by atoms with van der Waals surface area (Å²) in [5, 5.41) is 81.6. The van der Waals surface area contributed by atoms with Crippen molar-refractivity contribution in [3.8, 4) is 5.75 Å². The number of unbranched alkanes of at least 4 members (excludes halogenated alkanes) is 2. The predicted molar refractivity (Wildman–Crippen MR) is 484 cm³/mol. The number of thioether (sulfide) groups is 1. The third-order valence-corrected chi connectivity index (χ3v) is 25.4. The molecule has 2 aromatic heterocycles. The Labute approximate surface area is 765 Å². The summed E-state index contributed by atoms with van der Waals surface area (Å²) in [6, 6.07) is -1.95. The number of aliphatic hydroxyl groups excluding tert-OH is 3. The van der Waals surface area contributed by atoms with Gasteiger partial charge >= 0.3 is 0 Å². The number of aromatic amines is 1. The van der Waals surface area contributed by atoms with Crippen molar-refractivity contribution in [2.75, 3.05) is 78.6 Å². The first-order valence-corrected chi connectivity index (χ1v) is 45.8. The number of aromatic nitrogens is 1. The van der Waals surface area contributed by atoms with Gasteiger partial charge in [0, 0.05) is 101 Å². The number of para-hydroxylation sites is 1. The van der Waals surface area contributed by atoms with Gasteiger partial charge in [0.2, 0.25) is 100 Å². The van der Waals surface area contributed by atoms with Crippen molar-refractivity contribution < 1.29 is 102 Å². The topological polar surface area (TPSA) is 637 Å². The summed E-state index contributed by atoms with van der Waals surface area (Å²) in [4.78, 5) is 256. The lowest BCUT2D eigenvalue weighted by Gasteiger charge is -2.36. The van der Waals surface area contributed by atoms with E-state index in [4.69, 9.17) is 22.6 Å². The quantitative estimate of drug-likeness (QED) is 0.0146. The highest BCUT2D eigenvalue weighted by Crippen LogP contribution is 2.30. The third-order valence-electron chi connectivity index (χ3n) is 23.3. The van der Waals surface area contributed by atoms with Crippen molar-refractivity contribution in [1.82, 2.24) is 88.0 Å². The molecule has 0 radical (unpaired) electrons. The molecule has 3 fully saturated rings. The number of phenolic OH excluding ortho intramolecular Hbond substituents is 1. The van der Waals surface area contributed by atoms with Gasteiger partial charge in [0.05, 0.1) is 25.3 Å². The molecule has 42 nitrogen and oxygen atoms in total. The van der Waals surface area contributed by atoms with Crippen molar-refractivity contribution in [1.29, 1.82) is 5.41 Å². The largest absolute Gasteiger partial charge is 0.508 e. The minimum Gasteiger partial charge on any atom is -0.508 e. The van der Waals surface area contributed by atoms with E-state index in [1.165, 1.54) is 68.6 Å². The number of amides is 17. The van der Waals surface area contributed by atoms with Gasteiger partial charge in [0.1, 0.15) is 90.3 Å². The molecule has 0 bridgehead atoms. The van der Waals surface area contributed by atoms with Crippen LogP contribution in [0.1, 0.15) is 134 Å². The number of phenols is 1. The Balaban J connectivity index is 1.18. The van der Waals surface area contributed by atoms with Crippen LogP contribution in [0.25, 0.3) is 21.0 Å².